The van der Waals surface area contributed by atoms with E-state index in [1.165, 1.54) is 161 Å². The van der Waals surface area contributed by atoms with Crippen LogP contribution in [0.4, 0.5) is 0 Å². The minimum Gasteiger partial charge on any atom is -0.508 e. The number of phenolic OH excluding ortho intramolecular Hbond substituents is 1. The third-order valence-electron chi connectivity index (χ3n) is 20.6. The molecule has 7 nitrogen and oxygen atoms in total. The van der Waals surface area contributed by atoms with Crippen LogP contribution in [-0.4, -0.2) is 84.5 Å². The van der Waals surface area contributed by atoms with Crippen LogP contribution >= 0.6 is 0 Å². The van der Waals surface area contributed by atoms with E-state index in [2.05, 4.69) is 218 Å². The Morgan fingerprint density at radius 2 is 0.794 bits per heavy atom. The van der Waals surface area contributed by atoms with Crippen molar-refractivity contribution < 1.29 is 25.2 Å². The number of ether oxygens (including phenoxy) is 1. The molecule has 0 bridgehead atoms. The maximum absolute atomic E-state index is 9.89. The summed E-state index contributed by atoms with van der Waals surface area (Å²) in [4.78, 5) is 2.54. The number of phenols is 1. The topological polar surface area (TPSA) is 105 Å². The third-order valence-corrected chi connectivity index (χ3v) is 20.6. The van der Waals surface area contributed by atoms with Crippen molar-refractivity contribution in [1.29, 1.82) is 0 Å². The molecule has 1 unspecified atom stereocenters. The van der Waals surface area contributed by atoms with E-state index in [-0.39, 0.29) is 25.6 Å². The molecule has 7 heteroatoms. The van der Waals surface area contributed by atoms with Crippen molar-refractivity contribution in [2.24, 2.45) is 5.41 Å². The van der Waals surface area contributed by atoms with Crippen LogP contribution in [0.5, 0.6) is 11.5 Å². The van der Waals surface area contributed by atoms with Crippen molar-refractivity contribution >= 4 is 33.4 Å². The van der Waals surface area contributed by atoms with Crippen molar-refractivity contribution in [1.82, 2.24) is 10.2 Å². The Morgan fingerprint density at radius 3 is 1.15 bits per heavy atom. The molecule has 5 N–H and O–H groups in total. The minimum atomic E-state index is 0.140. The number of aliphatic hydroxyl groups excluding tert-OH is 3. The van der Waals surface area contributed by atoms with Gasteiger partial charge in [-0.15, -0.1) is 0 Å². The molecule has 13 rings (SSSR count). The standard InChI is InChI=1S/C32H38N2O3.C30H34O.C28H30O/c35-21-4-7-30(25-5-2-1-3-6-25)31(26-8-12-28(36)13-9-26)27-10-14-29(15-11-27)37-22-20-34-19-17-32(24-34)16-18-33-23-32;1-23-14-16-27(17-15-23)30(29(13-8-22-31)26-11-6-3-7-12-26)28-20-18-25(19-21-28)24-9-4-2-5-10-24;1-21-12-14-25(15-13-21)28(26-18-16-23(17-19-26)22-9-5-10-22)27(11-6-20-29)24-7-3-2-4-8-24/h1-3,5-6,8-15,33,35-36H,4,7,16-24H2;3,6-7,11-12,14-21,24,31H,2,4-5,8-10,13,22H2,1H3;2-4,7-8,12-19,22,29H,5-6,9-11,20H2,1H3/b31-30-;30-29-;28-27-. The maximum Gasteiger partial charge on any atom is 0.119 e. The SMILES string of the molecule is Cc1ccc(/C(=C(\CCCO)c2ccccc2)c2ccc(C3CCC3)cc2)cc1.Cc1ccc(/C(=C(\CCCO)c2ccccc2)c2ccc(C3CCCCC3)cc2)cc1.OCCC/C(=C(\c1ccc(O)cc1)c1ccc(OCCN2CCC3(CCNC3)C2)cc1)c1ccccc1. The molecule has 0 aromatic heterocycles. The van der Waals surface area contributed by atoms with E-state index in [0.717, 1.165) is 91.6 Å². The fraction of sp³-hybridized carbons (Fsp3) is 0.333. The molecule has 2 saturated carbocycles. The van der Waals surface area contributed by atoms with Crippen LogP contribution < -0.4 is 10.1 Å². The first-order chi connectivity index (χ1) is 47.7. The number of nitrogens with zero attached hydrogens (tertiary/aromatic N) is 1. The normalized spacial score (nSPS) is 17.2. The molecule has 9 aromatic rings. The Hall–Kier alpha value is -8.40. The van der Waals surface area contributed by atoms with Gasteiger partial charge in [-0.2, -0.15) is 0 Å². The zero-order valence-corrected chi connectivity index (χ0v) is 57.5. The van der Waals surface area contributed by atoms with Crippen LogP contribution in [-0.2, 0) is 0 Å². The average molecular weight is 1290 g/mol. The van der Waals surface area contributed by atoms with Gasteiger partial charge in [0, 0.05) is 39.5 Å². The fourth-order valence-corrected chi connectivity index (χ4v) is 14.9. The van der Waals surface area contributed by atoms with Gasteiger partial charge in [-0.3, -0.25) is 4.90 Å². The van der Waals surface area contributed by atoms with Gasteiger partial charge < -0.3 is 30.5 Å². The van der Waals surface area contributed by atoms with Crippen LogP contribution in [0, 0.1) is 19.3 Å². The van der Waals surface area contributed by atoms with Crippen LogP contribution in [0.3, 0.4) is 0 Å². The van der Waals surface area contributed by atoms with E-state index in [1.54, 1.807) is 12.1 Å². The Labute approximate surface area is 579 Å². The monoisotopic (exact) mass is 1290 g/mol. The van der Waals surface area contributed by atoms with Crippen LogP contribution in [0.25, 0.3) is 33.4 Å². The molecule has 4 fully saturated rings. The highest BCUT2D eigenvalue weighted by atomic mass is 16.5. The molecule has 0 radical (unpaired) electrons. The summed E-state index contributed by atoms with van der Waals surface area (Å²) in [7, 11) is 0. The molecule has 97 heavy (non-hydrogen) atoms. The van der Waals surface area contributed by atoms with Gasteiger partial charge in [-0.25, -0.2) is 0 Å². The number of aromatic hydroxyl groups is 1. The number of aliphatic hydroxyl groups is 3. The summed E-state index contributed by atoms with van der Waals surface area (Å²) in [5.74, 6) is 2.59. The molecular weight excluding hydrogens is 1190 g/mol. The summed E-state index contributed by atoms with van der Waals surface area (Å²) in [6, 6.07) is 83.6. The lowest BCUT2D eigenvalue weighted by atomic mass is 9.79. The molecule has 502 valence electrons. The molecule has 1 atom stereocenters. The molecule has 9 aromatic carbocycles. The Kier molecular flexibility index (Phi) is 25.8. The zero-order valence-electron chi connectivity index (χ0n) is 57.5. The highest BCUT2D eigenvalue weighted by molar-refractivity contribution is 6.01. The number of rotatable bonds is 24. The second kappa shape index (κ2) is 35.7. The number of hydrogen-bond donors (Lipinski definition) is 5. The minimum absolute atomic E-state index is 0.140. The van der Waals surface area contributed by atoms with Crippen LogP contribution in [0.15, 0.2) is 237 Å². The van der Waals surface area contributed by atoms with Gasteiger partial charge >= 0.3 is 0 Å². The molecule has 2 heterocycles. The first kappa shape index (κ1) is 69.9. The van der Waals surface area contributed by atoms with Gasteiger partial charge in [-0.1, -0.05) is 249 Å². The van der Waals surface area contributed by atoms with Gasteiger partial charge in [0.15, 0.2) is 0 Å². The Balaban J connectivity index is 0.000000149. The molecule has 2 aliphatic carbocycles. The summed E-state index contributed by atoms with van der Waals surface area (Å²) in [5, 5.41) is 42.1. The maximum atomic E-state index is 9.89. The predicted octanol–water partition coefficient (Wildman–Crippen LogP) is 20.0. The van der Waals surface area contributed by atoms with E-state index < -0.39 is 0 Å². The summed E-state index contributed by atoms with van der Waals surface area (Å²) in [5.41, 5.74) is 24.2. The third kappa shape index (κ3) is 19.0. The van der Waals surface area contributed by atoms with Crippen molar-refractivity contribution in [3.05, 3.63) is 309 Å². The number of likely N-dealkylation sites (tertiary alicyclic amines) is 1. The Bertz CT molecular complexity index is 3920. The molecule has 4 aliphatic rings. The average Bonchev–Trinajstić information content (AvgIpc) is 1.64. The van der Waals surface area contributed by atoms with E-state index in [0.29, 0.717) is 18.4 Å². The molecule has 2 saturated heterocycles. The van der Waals surface area contributed by atoms with Crippen molar-refractivity contribution in [2.45, 2.75) is 128 Å². The van der Waals surface area contributed by atoms with Gasteiger partial charge in [0.25, 0.3) is 0 Å². The lowest BCUT2D eigenvalue weighted by Gasteiger charge is -2.26. The van der Waals surface area contributed by atoms with Gasteiger partial charge in [0.2, 0.25) is 0 Å². The second-order valence-electron chi connectivity index (χ2n) is 27.5. The number of allylic oxidation sites excluding steroid dienone is 3. The Morgan fingerprint density at radius 1 is 0.423 bits per heavy atom. The first-order valence-electron chi connectivity index (χ1n) is 36.2. The van der Waals surface area contributed by atoms with Crippen LogP contribution in [0.2, 0.25) is 0 Å². The van der Waals surface area contributed by atoms with E-state index in [4.69, 9.17) is 4.74 Å². The highest BCUT2D eigenvalue weighted by Gasteiger charge is 2.40. The van der Waals surface area contributed by atoms with Crippen LogP contribution in [0.1, 0.15) is 187 Å². The van der Waals surface area contributed by atoms with Crippen molar-refractivity contribution in [2.75, 3.05) is 59.2 Å². The quantitative estimate of drug-likeness (QED) is 0.0384. The number of hydrogen-bond acceptors (Lipinski definition) is 7. The smallest absolute Gasteiger partial charge is 0.119 e. The molecule has 0 amide bonds. The highest BCUT2D eigenvalue weighted by Crippen LogP contribution is 2.43. The summed E-state index contributed by atoms with van der Waals surface area (Å²) in [6.07, 6.45) is 18.0. The molecular formula is C90H102N2O5. The number of benzene rings is 9. The van der Waals surface area contributed by atoms with Gasteiger partial charge in [0.05, 0.1) is 0 Å². The molecule has 2 aliphatic heterocycles. The van der Waals surface area contributed by atoms with E-state index in [9.17, 15) is 20.4 Å². The zero-order chi connectivity index (χ0) is 67.0. The summed E-state index contributed by atoms with van der Waals surface area (Å²) in [6.45, 7) is 11.1. The summed E-state index contributed by atoms with van der Waals surface area (Å²) >= 11 is 0. The second-order valence-corrected chi connectivity index (χ2v) is 27.5. The van der Waals surface area contributed by atoms with Crippen molar-refractivity contribution in [3.63, 3.8) is 0 Å². The van der Waals surface area contributed by atoms with Crippen molar-refractivity contribution in [3.8, 4) is 11.5 Å². The van der Waals surface area contributed by atoms with Gasteiger partial charge in [0.1, 0.15) is 18.1 Å². The lowest BCUT2D eigenvalue weighted by Crippen LogP contribution is -2.31. The first-order valence-corrected chi connectivity index (χ1v) is 36.2. The fourth-order valence-electron chi connectivity index (χ4n) is 14.9. The van der Waals surface area contributed by atoms with Gasteiger partial charge in [-0.05, 0) is 240 Å². The predicted molar refractivity (Wildman–Crippen MR) is 405 cm³/mol. The number of aryl methyl sites for hydroxylation is 2. The summed E-state index contributed by atoms with van der Waals surface area (Å²) < 4.78 is 6.15. The molecule has 1 spiro atoms. The van der Waals surface area contributed by atoms with E-state index >= 15 is 0 Å². The number of nitrogens with one attached hydrogen (secondary N) is 1. The largest absolute Gasteiger partial charge is 0.508 e. The lowest BCUT2D eigenvalue weighted by molar-refractivity contribution is 0.217. The van der Waals surface area contributed by atoms with E-state index in [1.807, 2.05) is 30.3 Å².